The topological polar surface area (TPSA) is 66.5 Å². The fourth-order valence-corrected chi connectivity index (χ4v) is 5.30. The maximum Gasteiger partial charge on any atom is 0.227 e. The van der Waals surface area contributed by atoms with Crippen LogP contribution in [0.1, 0.15) is 29.5 Å². The maximum absolute atomic E-state index is 12.7. The Balaban J connectivity index is 1.60. The molecule has 1 amide bonds. The lowest BCUT2D eigenvalue weighted by Crippen LogP contribution is -2.42. The average Bonchev–Trinajstić information content (AvgIpc) is 2.67. The second kappa shape index (κ2) is 8.64. The lowest BCUT2D eigenvalue weighted by molar-refractivity contribution is -0.120. The minimum absolute atomic E-state index is 0.0446. The van der Waals surface area contributed by atoms with E-state index in [9.17, 15) is 13.2 Å². The quantitative estimate of drug-likeness (QED) is 0.790. The van der Waals surface area contributed by atoms with E-state index < -0.39 is 10.0 Å². The predicted octanol–water partition coefficient (Wildman–Crippen LogP) is 4.14. The first-order valence-electron chi connectivity index (χ1n) is 9.36. The molecule has 150 valence electrons. The molecule has 1 saturated heterocycles. The number of piperidine rings is 1. The van der Waals surface area contributed by atoms with Crippen molar-refractivity contribution in [1.29, 1.82) is 0 Å². The smallest absolute Gasteiger partial charge is 0.227 e. The van der Waals surface area contributed by atoms with E-state index in [2.05, 4.69) is 5.32 Å². The fourth-order valence-electron chi connectivity index (χ4n) is 3.42. The molecule has 0 saturated carbocycles. The summed E-state index contributed by atoms with van der Waals surface area (Å²) in [5.74, 6) is -0.352. The molecule has 1 aliphatic heterocycles. The monoisotopic (exact) mass is 420 g/mol. The molecule has 1 aliphatic rings. The molecule has 7 heteroatoms. The SMILES string of the molecule is Cc1cccc(NC(=O)C2CCN(S(=O)(=O)Cc3ccccc3Cl)CC2)c1C. The molecule has 1 heterocycles. The van der Waals surface area contributed by atoms with Gasteiger partial charge in [0.2, 0.25) is 15.9 Å². The summed E-state index contributed by atoms with van der Waals surface area (Å²) in [6, 6.07) is 12.8. The molecule has 0 radical (unpaired) electrons. The van der Waals surface area contributed by atoms with Crippen molar-refractivity contribution in [2.75, 3.05) is 18.4 Å². The maximum atomic E-state index is 12.7. The summed E-state index contributed by atoms with van der Waals surface area (Å²) in [6.45, 7) is 4.68. The first-order valence-corrected chi connectivity index (χ1v) is 11.3. The molecule has 5 nitrogen and oxygen atoms in total. The molecular formula is C21H25ClN2O3S. The third-order valence-corrected chi connectivity index (χ3v) is 7.57. The van der Waals surface area contributed by atoms with Gasteiger partial charge in [-0.25, -0.2) is 12.7 Å². The van der Waals surface area contributed by atoms with Crippen molar-refractivity contribution in [2.45, 2.75) is 32.4 Å². The molecular weight excluding hydrogens is 396 g/mol. The van der Waals surface area contributed by atoms with Crippen molar-refractivity contribution < 1.29 is 13.2 Å². The third-order valence-electron chi connectivity index (χ3n) is 5.38. The first-order chi connectivity index (χ1) is 13.3. The minimum Gasteiger partial charge on any atom is -0.326 e. The third kappa shape index (κ3) is 4.74. The molecule has 0 unspecified atom stereocenters. The number of carbonyl (C=O) groups is 1. The second-order valence-electron chi connectivity index (χ2n) is 7.26. The number of halogens is 1. The summed E-state index contributed by atoms with van der Waals surface area (Å²) >= 11 is 6.10. The number of hydrogen-bond donors (Lipinski definition) is 1. The van der Waals surface area contributed by atoms with E-state index >= 15 is 0 Å². The highest BCUT2D eigenvalue weighted by Gasteiger charge is 2.31. The van der Waals surface area contributed by atoms with Crippen LogP contribution < -0.4 is 5.32 Å². The highest BCUT2D eigenvalue weighted by atomic mass is 35.5. The van der Waals surface area contributed by atoms with Gasteiger partial charge in [0.1, 0.15) is 0 Å². The lowest BCUT2D eigenvalue weighted by Gasteiger charge is -2.30. The van der Waals surface area contributed by atoms with Gasteiger partial charge >= 0.3 is 0 Å². The summed E-state index contributed by atoms with van der Waals surface area (Å²) in [5.41, 5.74) is 3.59. The van der Waals surface area contributed by atoms with Crippen molar-refractivity contribution in [3.05, 3.63) is 64.2 Å². The largest absolute Gasteiger partial charge is 0.326 e. The van der Waals surface area contributed by atoms with Gasteiger partial charge < -0.3 is 5.32 Å². The first kappa shape index (κ1) is 20.8. The fraction of sp³-hybridized carbons (Fsp3) is 0.381. The summed E-state index contributed by atoms with van der Waals surface area (Å²) < 4.78 is 26.9. The van der Waals surface area contributed by atoms with E-state index in [4.69, 9.17) is 11.6 Å². The Morgan fingerprint density at radius 1 is 1.11 bits per heavy atom. The number of carbonyl (C=O) groups excluding carboxylic acids is 1. The van der Waals surface area contributed by atoms with Gasteiger partial charge in [0.05, 0.1) is 5.75 Å². The van der Waals surface area contributed by atoms with Crippen molar-refractivity contribution in [3.63, 3.8) is 0 Å². The Labute approximate surface area is 171 Å². The van der Waals surface area contributed by atoms with Gasteiger partial charge in [-0.15, -0.1) is 0 Å². The number of sulfonamides is 1. The Morgan fingerprint density at radius 2 is 1.79 bits per heavy atom. The summed E-state index contributed by atoms with van der Waals surface area (Å²) in [7, 11) is -3.46. The number of nitrogens with zero attached hydrogens (tertiary/aromatic N) is 1. The highest BCUT2D eigenvalue weighted by molar-refractivity contribution is 7.88. The molecule has 0 atom stereocenters. The van der Waals surface area contributed by atoms with Crippen molar-refractivity contribution in [1.82, 2.24) is 4.31 Å². The van der Waals surface area contributed by atoms with Crippen LogP contribution in [-0.2, 0) is 20.6 Å². The van der Waals surface area contributed by atoms with Gasteiger partial charge in [-0.3, -0.25) is 4.79 Å². The van der Waals surface area contributed by atoms with Gasteiger partial charge in [0.25, 0.3) is 0 Å². The van der Waals surface area contributed by atoms with Gasteiger partial charge in [-0.1, -0.05) is 41.9 Å². The van der Waals surface area contributed by atoms with Crippen LogP contribution in [0.25, 0.3) is 0 Å². The van der Waals surface area contributed by atoms with E-state index in [1.165, 1.54) is 4.31 Å². The molecule has 3 rings (SSSR count). The number of amides is 1. The van der Waals surface area contributed by atoms with Crippen LogP contribution in [0.2, 0.25) is 5.02 Å². The highest BCUT2D eigenvalue weighted by Crippen LogP contribution is 2.26. The number of nitrogens with one attached hydrogen (secondary N) is 1. The van der Waals surface area contributed by atoms with Crippen molar-refractivity contribution >= 4 is 33.2 Å². The van der Waals surface area contributed by atoms with Gasteiger partial charge in [-0.2, -0.15) is 0 Å². The zero-order chi connectivity index (χ0) is 20.3. The average molecular weight is 421 g/mol. The Hall–Kier alpha value is -1.89. The predicted molar refractivity (Wildman–Crippen MR) is 113 cm³/mol. The molecule has 1 N–H and O–H groups in total. The summed E-state index contributed by atoms with van der Waals surface area (Å²) in [6.07, 6.45) is 1.02. The van der Waals surface area contributed by atoms with E-state index in [1.807, 2.05) is 32.0 Å². The molecule has 1 fully saturated rings. The van der Waals surface area contributed by atoms with Crippen LogP contribution in [0.15, 0.2) is 42.5 Å². The number of aryl methyl sites for hydroxylation is 1. The number of anilines is 1. The molecule has 0 aliphatic carbocycles. The van der Waals surface area contributed by atoms with Crippen LogP contribution in [0.5, 0.6) is 0 Å². The Kier molecular flexibility index (Phi) is 6.43. The number of benzene rings is 2. The normalized spacial score (nSPS) is 16.1. The van der Waals surface area contributed by atoms with Crippen LogP contribution in [0, 0.1) is 19.8 Å². The van der Waals surface area contributed by atoms with Crippen molar-refractivity contribution in [2.24, 2.45) is 5.92 Å². The minimum atomic E-state index is -3.46. The van der Waals surface area contributed by atoms with E-state index in [1.54, 1.807) is 24.3 Å². The van der Waals surface area contributed by atoms with E-state index in [0.29, 0.717) is 36.5 Å². The van der Waals surface area contributed by atoms with E-state index in [-0.39, 0.29) is 17.6 Å². The standard InChI is InChI=1S/C21H25ClN2O3S/c1-15-6-5-9-20(16(15)2)23-21(25)17-10-12-24(13-11-17)28(26,27)14-18-7-3-4-8-19(18)22/h3-9,17H,10-14H2,1-2H3,(H,23,25). The van der Waals surface area contributed by atoms with Gasteiger partial charge in [-0.05, 0) is 55.5 Å². The molecule has 2 aromatic carbocycles. The Morgan fingerprint density at radius 3 is 2.46 bits per heavy atom. The summed E-state index contributed by atoms with van der Waals surface area (Å²) in [5, 5.41) is 3.45. The zero-order valence-electron chi connectivity index (χ0n) is 16.1. The van der Waals surface area contributed by atoms with E-state index in [0.717, 1.165) is 16.8 Å². The van der Waals surface area contributed by atoms with Crippen LogP contribution in [0.4, 0.5) is 5.69 Å². The Bertz CT molecular complexity index is 967. The lowest BCUT2D eigenvalue weighted by atomic mass is 9.97. The van der Waals surface area contributed by atoms with Crippen LogP contribution >= 0.6 is 11.6 Å². The molecule has 0 aromatic heterocycles. The molecule has 28 heavy (non-hydrogen) atoms. The summed E-state index contributed by atoms with van der Waals surface area (Å²) in [4.78, 5) is 12.6. The second-order valence-corrected chi connectivity index (χ2v) is 9.63. The number of hydrogen-bond acceptors (Lipinski definition) is 3. The molecule has 0 spiro atoms. The van der Waals surface area contributed by atoms with Crippen LogP contribution in [0.3, 0.4) is 0 Å². The van der Waals surface area contributed by atoms with Crippen molar-refractivity contribution in [3.8, 4) is 0 Å². The zero-order valence-corrected chi connectivity index (χ0v) is 17.7. The van der Waals surface area contributed by atoms with Gasteiger partial charge in [0.15, 0.2) is 0 Å². The van der Waals surface area contributed by atoms with Gasteiger partial charge in [0, 0.05) is 29.7 Å². The van der Waals surface area contributed by atoms with Crippen LogP contribution in [-0.4, -0.2) is 31.7 Å². The molecule has 2 aromatic rings. The molecule has 0 bridgehead atoms. The number of rotatable bonds is 5.